The van der Waals surface area contributed by atoms with Crippen LogP contribution in [0.25, 0.3) is 0 Å². The van der Waals surface area contributed by atoms with Gasteiger partial charge in [0.05, 0.1) is 25.8 Å². The Morgan fingerprint density at radius 1 is 0.964 bits per heavy atom. The Bertz CT molecular complexity index is 878. The molecule has 5 nitrogen and oxygen atoms in total. The summed E-state index contributed by atoms with van der Waals surface area (Å²) in [6.07, 6.45) is 0. The standard InChI is InChI=1S/C22H23NO4S/c1-25-13-14-27-21-8-4-3-7-20(21)22(24)23(16-19-6-5-15-28-19)17-9-11-18(26-2)12-10-17/h3-12,15H,13-14,16H2,1-2H3. The Hall–Kier alpha value is -2.83. The van der Waals surface area contributed by atoms with Crippen molar-refractivity contribution in [2.45, 2.75) is 6.54 Å². The van der Waals surface area contributed by atoms with Gasteiger partial charge in [-0.2, -0.15) is 0 Å². The first-order valence-electron chi connectivity index (χ1n) is 8.92. The molecule has 0 spiro atoms. The van der Waals surface area contributed by atoms with E-state index in [-0.39, 0.29) is 5.91 Å². The zero-order valence-corrected chi connectivity index (χ0v) is 16.8. The third-order valence-electron chi connectivity index (χ3n) is 4.19. The summed E-state index contributed by atoms with van der Waals surface area (Å²) >= 11 is 1.62. The molecule has 0 bridgehead atoms. The zero-order valence-electron chi connectivity index (χ0n) is 16.0. The Labute approximate surface area is 169 Å². The van der Waals surface area contributed by atoms with Crippen molar-refractivity contribution in [1.82, 2.24) is 0 Å². The Morgan fingerprint density at radius 3 is 2.43 bits per heavy atom. The number of carbonyl (C=O) groups excluding carboxylic acids is 1. The molecule has 0 aliphatic rings. The van der Waals surface area contributed by atoms with E-state index in [0.29, 0.717) is 31.1 Å². The largest absolute Gasteiger partial charge is 0.497 e. The van der Waals surface area contributed by atoms with Crippen molar-refractivity contribution < 1.29 is 19.0 Å². The molecule has 0 unspecified atom stereocenters. The van der Waals surface area contributed by atoms with Gasteiger partial charge in [0.15, 0.2) is 0 Å². The maximum Gasteiger partial charge on any atom is 0.262 e. The molecule has 1 amide bonds. The van der Waals surface area contributed by atoms with E-state index in [4.69, 9.17) is 14.2 Å². The fraction of sp³-hybridized carbons (Fsp3) is 0.227. The third-order valence-corrected chi connectivity index (χ3v) is 5.05. The third kappa shape index (κ3) is 4.91. The minimum atomic E-state index is -0.119. The lowest BCUT2D eigenvalue weighted by Gasteiger charge is -2.24. The molecule has 0 radical (unpaired) electrons. The van der Waals surface area contributed by atoms with Gasteiger partial charge < -0.3 is 19.1 Å². The van der Waals surface area contributed by atoms with Crippen molar-refractivity contribution in [2.24, 2.45) is 0 Å². The van der Waals surface area contributed by atoms with Crippen LogP contribution in [0.3, 0.4) is 0 Å². The number of thiophene rings is 1. The molecule has 0 fully saturated rings. The predicted octanol–water partition coefficient (Wildman–Crippen LogP) is 4.63. The topological polar surface area (TPSA) is 48.0 Å². The summed E-state index contributed by atoms with van der Waals surface area (Å²) in [5.74, 6) is 1.18. The van der Waals surface area contributed by atoms with E-state index >= 15 is 0 Å². The fourth-order valence-electron chi connectivity index (χ4n) is 2.75. The van der Waals surface area contributed by atoms with Crippen LogP contribution in [-0.4, -0.2) is 33.3 Å². The highest BCUT2D eigenvalue weighted by Crippen LogP contribution is 2.27. The summed E-state index contributed by atoms with van der Waals surface area (Å²) in [4.78, 5) is 16.3. The zero-order chi connectivity index (χ0) is 19.8. The highest BCUT2D eigenvalue weighted by Gasteiger charge is 2.22. The van der Waals surface area contributed by atoms with Gasteiger partial charge in [-0.1, -0.05) is 18.2 Å². The quantitative estimate of drug-likeness (QED) is 0.494. The number of hydrogen-bond acceptors (Lipinski definition) is 5. The second-order valence-electron chi connectivity index (χ2n) is 6.01. The van der Waals surface area contributed by atoms with Crippen LogP contribution in [0, 0.1) is 0 Å². The molecule has 6 heteroatoms. The van der Waals surface area contributed by atoms with E-state index in [9.17, 15) is 4.79 Å². The van der Waals surface area contributed by atoms with Crippen LogP contribution in [-0.2, 0) is 11.3 Å². The normalized spacial score (nSPS) is 10.5. The molecule has 2 aromatic carbocycles. The molecule has 3 rings (SSSR count). The number of methoxy groups -OCH3 is 2. The molecule has 1 heterocycles. The number of benzene rings is 2. The van der Waals surface area contributed by atoms with Gasteiger partial charge in [0.2, 0.25) is 0 Å². The molecule has 28 heavy (non-hydrogen) atoms. The molecule has 146 valence electrons. The van der Waals surface area contributed by atoms with Crippen molar-refractivity contribution in [3.8, 4) is 11.5 Å². The van der Waals surface area contributed by atoms with E-state index in [0.717, 1.165) is 16.3 Å². The monoisotopic (exact) mass is 397 g/mol. The maximum absolute atomic E-state index is 13.5. The molecule has 0 aliphatic carbocycles. The first-order valence-corrected chi connectivity index (χ1v) is 9.80. The minimum Gasteiger partial charge on any atom is -0.497 e. The van der Waals surface area contributed by atoms with Crippen molar-refractivity contribution in [3.63, 3.8) is 0 Å². The summed E-state index contributed by atoms with van der Waals surface area (Å²) in [6, 6.07) is 18.8. The van der Waals surface area contributed by atoms with E-state index in [1.807, 2.05) is 53.9 Å². The lowest BCUT2D eigenvalue weighted by molar-refractivity contribution is 0.0977. The van der Waals surface area contributed by atoms with Gasteiger partial charge in [-0.3, -0.25) is 4.79 Å². The summed E-state index contributed by atoms with van der Waals surface area (Å²) in [6.45, 7) is 1.32. The van der Waals surface area contributed by atoms with Gasteiger partial charge in [0.1, 0.15) is 18.1 Å². The van der Waals surface area contributed by atoms with Crippen LogP contribution in [0.5, 0.6) is 11.5 Å². The van der Waals surface area contributed by atoms with Crippen molar-refractivity contribution >= 4 is 22.9 Å². The van der Waals surface area contributed by atoms with Crippen LogP contribution >= 0.6 is 11.3 Å². The summed E-state index contributed by atoms with van der Waals surface area (Å²) < 4.78 is 16.0. The smallest absolute Gasteiger partial charge is 0.262 e. The number of amides is 1. The van der Waals surface area contributed by atoms with E-state index in [1.54, 1.807) is 42.6 Å². The van der Waals surface area contributed by atoms with Crippen LogP contribution in [0.4, 0.5) is 5.69 Å². The Balaban J connectivity index is 1.92. The highest BCUT2D eigenvalue weighted by molar-refractivity contribution is 7.09. The lowest BCUT2D eigenvalue weighted by atomic mass is 10.1. The fourth-order valence-corrected chi connectivity index (χ4v) is 3.44. The minimum absolute atomic E-state index is 0.119. The molecule has 1 aromatic heterocycles. The number of carbonyl (C=O) groups is 1. The molecule has 0 saturated carbocycles. The number of rotatable bonds is 9. The lowest BCUT2D eigenvalue weighted by Crippen LogP contribution is -2.30. The first kappa shape index (κ1) is 19.9. The van der Waals surface area contributed by atoms with Gasteiger partial charge in [0, 0.05) is 17.7 Å². The second-order valence-corrected chi connectivity index (χ2v) is 7.04. The highest BCUT2D eigenvalue weighted by atomic mass is 32.1. The summed E-state index contributed by atoms with van der Waals surface area (Å²) in [7, 11) is 3.24. The molecular formula is C22H23NO4S. The van der Waals surface area contributed by atoms with Crippen LogP contribution in [0.1, 0.15) is 15.2 Å². The molecule has 3 aromatic rings. The van der Waals surface area contributed by atoms with Gasteiger partial charge >= 0.3 is 0 Å². The molecule has 0 atom stereocenters. The van der Waals surface area contributed by atoms with Gasteiger partial charge in [-0.25, -0.2) is 0 Å². The average molecular weight is 397 g/mol. The van der Waals surface area contributed by atoms with Crippen molar-refractivity contribution in [3.05, 3.63) is 76.5 Å². The molecule has 0 saturated heterocycles. The second kappa shape index (κ2) is 9.92. The average Bonchev–Trinajstić information content (AvgIpc) is 3.25. The molecular weight excluding hydrogens is 374 g/mol. The van der Waals surface area contributed by atoms with Crippen LogP contribution in [0.2, 0.25) is 0 Å². The molecule has 0 aliphatic heterocycles. The predicted molar refractivity (Wildman–Crippen MR) is 112 cm³/mol. The Morgan fingerprint density at radius 2 is 1.75 bits per heavy atom. The number of para-hydroxylation sites is 1. The number of anilines is 1. The number of nitrogens with zero attached hydrogens (tertiary/aromatic N) is 1. The van der Waals surface area contributed by atoms with Crippen molar-refractivity contribution in [2.75, 3.05) is 32.3 Å². The van der Waals surface area contributed by atoms with E-state index in [2.05, 4.69) is 0 Å². The van der Waals surface area contributed by atoms with Crippen LogP contribution < -0.4 is 14.4 Å². The van der Waals surface area contributed by atoms with E-state index in [1.165, 1.54) is 0 Å². The van der Waals surface area contributed by atoms with Gasteiger partial charge in [0.25, 0.3) is 5.91 Å². The summed E-state index contributed by atoms with van der Waals surface area (Å²) in [5.41, 5.74) is 1.32. The molecule has 0 N–H and O–H groups in total. The SMILES string of the molecule is COCCOc1ccccc1C(=O)N(Cc1cccs1)c1ccc(OC)cc1. The van der Waals surface area contributed by atoms with E-state index < -0.39 is 0 Å². The maximum atomic E-state index is 13.5. The number of ether oxygens (including phenoxy) is 3. The Kier molecular flexibility index (Phi) is 7.06. The van der Waals surface area contributed by atoms with Gasteiger partial charge in [-0.05, 0) is 47.8 Å². The van der Waals surface area contributed by atoms with Crippen LogP contribution in [0.15, 0.2) is 66.0 Å². The number of hydrogen-bond donors (Lipinski definition) is 0. The first-order chi connectivity index (χ1) is 13.7. The summed E-state index contributed by atoms with van der Waals surface area (Å²) in [5, 5.41) is 2.01. The van der Waals surface area contributed by atoms with Gasteiger partial charge in [-0.15, -0.1) is 11.3 Å². The van der Waals surface area contributed by atoms with Crippen molar-refractivity contribution in [1.29, 1.82) is 0 Å².